The summed E-state index contributed by atoms with van der Waals surface area (Å²) in [6, 6.07) is 9.65. The van der Waals surface area contributed by atoms with Gasteiger partial charge >= 0.3 is 0 Å². The zero-order valence-electron chi connectivity index (χ0n) is 10.6. The molecule has 1 aliphatic rings. The fraction of sp³-hybridized carbons (Fsp3) is 0.200. The molecule has 0 aliphatic heterocycles. The fourth-order valence-electron chi connectivity index (χ4n) is 1.92. The van der Waals surface area contributed by atoms with Crippen molar-refractivity contribution >= 4 is 5.69 Å². The van der Waals surface area contributed by atoms with E-state index in [9.17, 15) is 0 Å². The molecule has 1 aromatic carbocycles. The summed E-state index contributed by atoms with van der Waals surface area (Å²) in [6.45, 7) is 2.07. The normalized spacial score (nSPS) is 25.4. The van der Waals surface area contributed by atoms with Gasteiger partial charge < -0.3 is 5.73 Å². The topological polar surface area (TPSA) is 55.3 Å². The molecule has 3 heteroatoms. The Labute approximate surface area is 108 Å². The number of rotatable bonds is 2. The Balaban J connectivity index is 2.27. The summed E-state index contributed by atoms with van der Waals surface area (Å²) in [5.41, 5.74) is 9.23. The predicted molar refractivity (Wildman–Crippen MR) is 76.7 cm³/mol. The molecule has 1 atom stereocenters. The van der Waals surface area contributed by atoms with E-state index in [0.717, 1.165) is 17.8 Å². The molecule has 4 N–H and O–H groups in total. The number of anilines is 1. The minimum absolute atomic E-state index is 0.182. The summed E-state index contributed by atoms with van der Waals surface area (Å²) >= 11 is 0. The Kier molecular flexibility index (Phi) is 3.97. The fourth-order valence-corrected chi connectivity index (χ4v) is 1.92. The highest BCUT2D eigenvalue weighted by Crippen LogP contribution is 2.19. The van der Waals surface area contributed by atoms with Crippen molar-refractivity contribution in [2.75, 3.05) is 5.01 Å². The van der Waals surface area contributed by atoms with E-state index >= 15 is 0 Å². The summed E-state index contributed by atoms with van der Waals surface area (Å²) in [7, 11) is 0. The van der Waals surface area contributed by atoms with Crippen LogP contribution in [0.3, 0.4) is 0 Å². The molecule has 1 aromatic rings. The van der Waals surface area contributed by atoms with E-state index in [1.807, 2.05) is 42.5 Å². The molecule has 0 spiro atoms. The van der Waals surface area contributed by atoms with E-state index < -0.39 is 0 Å². The van der Waals surface area contributed by atoms with E-state index in [1.54, 1.807) is 5.01 Å². The third-order valence-corrected chi connectivity index (χ3v) is 2.99. The standard InChI is InChI=1S/C15H19N3/c1-12-6-5-9-15(14(16)11-10-12)18(17)13-7-3-2-4-8-13/h2-4,6-11,14H,5,16-17H2,1H3/b11-10?,12-6-,15-9+. The number of nitrogens with zero attached hydrogens (tertiary/aromatic N) is 1. The second kappa shape index (κ2) is 5.67. The van der Waals surface area contributed by atoms with Gasteiger partial charge in [0.2, 0.25) is 0 Å². The van der Waals surface area contributed by atoms with Gasteiger partial charge in [0.15, 0.2) is 0 Å². The lowest BCUT2D eigenvalue weighted by Gasteiger charge is -2.26. The first kappa shape index (κ1) is 12.6. The van der Waals surface area contributed by atoms with Crippen LogP contribution in [-0.4, -0.2) is 6.04 Å². The third-order valence-electron chi connectivity index (χ3n) is 2.99. The number of hydrogen-bond acceptors (Lipinski definition) is 3. The molecule has 3 nitrogen and oxygen atoms in total. The van der Waals surface area contributed by atoms with Crippen LogP contribution in [0, 0.1) is 0 Å². The molecule has 2 rings (SSSR count). The maximum absolute atomic E-state index is 6.15. The molecule has 0 saturated carbocycles. The Morgan fingerprint density at radius 3 is 2.61 bits per heavy atom. The summed E-state index contributed by atoms with van der Waals surface area (Å²) in [4.78, 5) is 0. The molecule has 0 fully saturated rings. The molecule has 0 radical (unpaired) electrons. The van der Waals surface area contributed by atoms with Crippen LogP contribution < -0.4 is 16.6 Å². The molecule has 18 heavy (non-hydrogen) atoms. The molecule has 0 amide bonds. The third kappa shape index (κ3) is 2.88. The Hall–Kier alpha value is -1.84. The van der Waals surface area contributed by atoms with Crippen LogP contribution >= 0.6 is 0 Å². The van der Waals surface area contributed by atoms with Crippen LogP contribution in [0.5, 0.6) is 0 Å². The van der Waals surface area contributed by atoms with Crippen molar-refractivity contribution < 1.29 is 0 Å². The van der Waals surface area contributed by atoms with Crippen LogP contribution in [0.4, 0.5) is 5.69 Å². The van der Waals surface area contributed by atoms with Crippen molar-refractivity contribution in [1.82, 2.24) is 0 Å². The summed E-state index contributed by atoms with van der Waals surface area (Å²) in [5, 5.41) is 1.66. The van der Waals surface area contributed by atoms with E-state index in [2.05, 4.69) is 19.1 Å². The lowest BCUT2D eigenvalue weighted by Crippen LogP contribution is -2.39. The summed E-state index contributed by atoms with van der Waals surface area (Å²) in [6.07, 6.45) is 9.09. The quantitative estimate of drug-likeness (QED) is 0.618. The Bertz CT molecular complexity index is 486. The average molecular weight is 241 g/mol. The average Bonchev–Trinajstić information content (AvgIpc) is 2.39. The molecule has 94 valence electrons. The first-order chi connectivity index (χ1) is 8.68. The highest BCUT2D eigenvalue weighted by molar-refractivity contribution is 5.52. The van der Waals surface area contributed by atoms with Crippen molar-refractivity contribution in [2.24, 2.45) is 11.6 Å². The van der Waals surface area contributed by atoms with Crippen molar-refractivity contribution in [3.05, 3.63) is 65.9 Å². The highest BCUT2D eigenvalue weighted by Gasteiger charge is 2.13. The second-order valence-electron chi connectivity index (χ2n) is 4.40. The van der Waals surface area contributed by atoms with Gasteiger partial charge in [-0.05, 0) is 25.5 Å². The number of allylic oxidation sites excluding steroid dienone is 4. The number of hydrazine groups is 1. The van der Waals surface area contributed by atoms with E-state index in [-0.39, 0.29) is 6.04 Å². The van der Waals surface area contributed by atoms with Crippen molar-refractivity contribution in [3.8, 4) is 0 Å². The van der Waals surface area contributed by atoms with Crippen molar-refractivity contribution in [2.45, 2.75) is 19.4 Å². The first-order valence-electron chi connectivity index (χ1n) is 6.09. The summed E-state index contributed by atoms with van der Waals surface area (Å²) in [5.74, 6) is 6.15. The van der Waals surface area contributed by atoms with E-state index in [0.29, 0.717) is 0 Å². The van der Waals surface area contributed by atoms with Gasteiger partial charge in [-0.3, -0.25) is 5.01 Å². The van der Waals surface area contributed by atoms with Crippen LogP contribution in [0.1, 0.15) is 13.3 Å². The van der Waals surface area contributed by atoms with Crippen LogP contribution in [0.25, 0.3) is 0 Å². The zero-order chi connectivity index (χ0) is 13.0. The predicted octanol–water partition coefficient (Wildman–Crippen LogP) is 2.48. The molecular weight excluding hydrogens is 222 g/mol. The summed E-state index contributed by atoms with van der Waals surface area (Å²) < 4.78 is 0. The molecule has 0 saturated heterocycles. The number of hydrogen-bond donors (Lipinski definition) is 2. The van der Waals surface area contributed by atoms with Crippen LogP contribution in [0.15, 0.2) is 65.9 Å². The smallest absolute Gasteiger partial charge is 0.0651 e. The van der Waals surface area contributed by atoms with Gasteiger partial charge in [0.1, 0.15) is 0 Å². The molecule has 0 aromatic heterocycles. The van der Waals surface area contributed by atoms with Gasteiger partial charge in [0, 0.05) is 0 Å². The monoisotopic (exact) mass is 241 g/mol. The lowest BCUT2D eigenvalue weighted by atomic mass is 10.1. The largest absolute Gasteiger partial charge is 0.319 e. The molecular formula is C15H19N3. The SMILES string of the molecule is C/C1=C/C/C=C(/N(N)c2ccccc2)C(N)C=C1. The molecule has 1 aliphatic carbocycles. The Morgan fingerprint density at radius 2 is 1.89 bits per heavy atom. The Morgan fingerprint density at radius 1 is 1.17 bits per heavy atom. The van der Waals surface area contributed by atoms with Crippen molar-refractivity contribution in [1.29, 1.82) is 0 Å². The van der Waals surface area contributed by atoms with Crippen LogP contribution in [-0.2, 0) is 0 Å². The van der Waals surface area contributed by atoms with Gasteiger partial charge in [-0.1, -0.05) is 48.1 Å². The number of nitrogens with two attached hydrogens (primary N) is 2. The van der Waals surface area contributed by atoms with Gasteiger partial charge in [0.25, 0.3) is 0 Å². The zero-order valence-corrected chi connectivity index (χ0v) is 10.6. The van der Waals surface area contributed by atoms with Gasteiger partial charge in [-0.25, -0.2) is 5.84 Å². The van der Waals surface area contributed by atoms with Gasteiger partial charge in [-0.15, -0.1) is 0 Å². The van der Waals surface area contributed by atoms with Crippen molar-refractivity contribution in [3.63, 3.8) is 0 Å². The highest BCUT2D eigenvalue weighted by atomic mass is 15.4. The minimum Gasteiger partial charge on any atom is -0.319 e. The van der Waals surface area contributed by atoms with E-state index in [4.69, 9.17) is 11.6 Å². The molecule has 0 heterocycles. The van der Waals surface area contributed by atoms with Crippen LogP contribution in [0.2, 0.25) is 0 Å². The number of para-hydroxylation sites is 1. The maximum Gasteiger partial charge on any atom is 0.0651 e. The maximum atomic E-state index is 6.15. The lowest BCUT2D eigenvalue weighted by molar-refractivity contribution is 0.839. The second-order valence-corrected chi connectivity index (χ2v) is 4.40. The number of benzene rings is 1. The molecule has 1 unspecified atom stereocenters. The van der Waals surface area contributed by atoms with Gasteiger partial charge in [0.05, 0.1) is 17.4 Å². The van der Waals surface area contributed by atoms with Gasteiger partial charge in [-0.2, -0.15) is 0 Å². The van der Waals surface area contributed by atoms with E-state index in [1.165, 1.54) is 5.57 Å². The first-order valence-corrected chi connectivity index (χ1v) is 6.09. The minimum atomic E-state index is -0.182. The molecule has 0 bridgehead atoms.